The van der Waals surface area contributed by atoms with Gasteiger partial charge in [-0.2, -0.15) is 0 Å². The average molecular weight is 262 g/mol. The fraction of sp³-hybridized carbons (Fsp3) is 0.667. The van der Waals surface area contributed by atoms with Crippen LogP contribution in [0.3, 0.4) is 0 Å². The molecule has 0 aliphatic carbocycles. The second-order valence-electron chi connectivity index (χ2n) is 6.04. The SMILES string of the molecule is Cc1ccoc1C(=O)N1CCCC2(CCCNC2)C1. The first-order valence-electron chi connectivity index (χ1n) is 7.24. The molecule has 1 aromatic rings. The van der Waals surface area contributed by atoms with Gasteiger partial charge in [0.05, 0.1) is 6.26 Å². The number of carbonyl (C=O) groups is 1. The first-order valence-corrected chi connectivity index (χ1v) is 7.24. The van der Waals surface area contributed by atoms with Gasteiger partial charge in [-0.25, -0.2) is 0 Å². The van der Waals surface area contributed by atoms with Crippen LogP contribution in [0.4, 0.5) is 0 Å². The van der Waals surface area contributed by atoms with Crippen molar-refractivity contribution in [1.82, 2.24) is 10.2 Å². The highest BCUT2D eigenvalue weighted by atomic mass is 16.3. The number of hydrogen-bond acceptors (Lipinski definition) is 3. The number of amides is 1. The maximum absolute atomic E-state index is 12.5. The van der Waals surface area contributed by atoms with Crippen molar-refractivity contribution in [3.63, 3.8) is 0 Å². The Hall–Kier alpha value is -1.29. The van der Waals surface area contributed by atoms with Crippen LogP contribution < -0.4 is 5.32 Å². The molecule has 2 aliphatic rings. The number of piperidine rings is 2. The molecule has 4 heteroatoms. The first-order chi connectivity index (χ1) is 9.20. The number of furan rings is 1. The summed E-state index contributed by atoms with van der Waals surface area (Å²) < 4.78 is 5.35. The second-order valence-corrected chi connectivity index (χ2v) is 6.04. The topological polar surface area (TPSA) is 45.5 Å². The van der Waals surface area contributed by atoms with Crippen molar-refractivity contribution in [1.29, 1.82) is 0 Å². The van der Waals surface area contributed by atoms with E-state index in [1.807, 2.05) is 17.9 Å². The van der Waals surface area contributed by atoms with Gasteiger partial charge in [0.25, 0.3) is 5.91 Å². The third kappa shape index (κ3) is 2.41. The molecule has 1 N–H and O–H groups in total. The Bertz CT molecular complexity index is 455. The van der Waals surface area contributed by atoms with E-state index in [9.17, 15) is 4.79 Å². The zero-order chi connectivity index (χ0) is 13.3. The standard InChI is InChI=1S/C15H22N2O2/c1-12-4-9-19-13(12)14(18)17-8-3-6-15(11-17)5-2-7-16-10-15/h4,9,16H,2-3,5-8,10-11H2,1H3. The van der Waals surface area contributed by atoms with Gasteiger partial charge in [0.15, 0.2) is 5.76 Å². The summed E-state index contributed by atoms with van der Waals surface area (Å²) in [5.74, 6) is 0.577. The Morgan fingerprint density at radius 3 is 2.95 bits per heavy atom. The van der Waals surface area contributed by atoms with E-state index >= 15 is 0 Å². The fourth-order valence-electron chi connectivity index (χ4n) is 3.50. The number of likely N-dealkylation sites (tertiary alicyclic amines) is 1. The Kier molecular flexibility index (Phi) is 3.35. The molecule has 1 amide bonds. The molecule has 0 bridgehead atoms. The van der Waals surface area contributed by atoms with Gasteiger partial charge in [-0.1, -0.05) is 0 Å². The van der Waals surface area contributed by atoms with Crippen LogP contribution in [-0.2, 0) is 0 Å². The summed E-state index contributed by atoms with van der Waals surface area (Å²) in [5.41, 5.74) is 1.23. The lowest BCUT2D eigenvalue weighted by molar-refractivity contribution is 0.0407. The summed E-state index contributed by atoms with van der Waals surface area (Å²) in [4.78, 5) is 14.5. The fourth-order valence-corrected chi connectivity index (χ4v) is 3.50. The molecule has 4 nitrogen and oxygen atoms in total. The van der Waals surface area contributed by atoms with Gasteiger partial charge in [-0.3, -0.25) is 4.79 Å². The number of nitrogens with zero attached hydrogens (tertiary/aromatic N) is 1. The molecule has 1 spiro atoms. The highest BCUT2D eigenvalue weighted by Gasteiger charge is 2.38. The maximum Gasteiger partial charge on any atom is 0.289 e. The van der Waals surface area contributed by atoms with E-state index < -0.39 is 0 Å². The third-order valence-corrected chi connectivity index (χ3v) is 4.57. The van der Waals surface area contributed by atoms with Crippen molar-refractivity contribution in [3.05, 3.63) is 23.7 Å². The Morgan fingerprint density at radius 2 is 2.26 bits per heavy atom. The highest BCUT2D eigenvalue weighted by Crippen LogP contribution is 2.36. The van der Waals surface area contributed by atoms with Crippen LogP contribution >= 0.6 is 0 Å². The molecule has 3 heterocycles. The van der Waals surface area contributed by atoms with Gasteiger partial charge < -0.3 is 14.6 Å². The van der Waals surface area contributed by atoms with E-state index in [2.05, 4.69) is 5.32 Å². The van der Waals surface area contributed by atoms with Gasteiger partial charge in [0.1, 0.15) is 0 Å². The van der Waals surface area contributed by atoms with Gasteiger partial charge in [-0.15, -0.1) is 0 Å². The third-order valence-electron chi connectivity index (χ3n) is 4.57. The monoisotopic (exact) mass is 262 g/mol. The molecular weight excluding hydrogens is 240 g/mol. The van der Waals surface area contributed by atoms with E-state index in [0.29, 0.717) is 11.2 Å². The molecule has 2 aliphatic heterocycles. The van der Waals surface area contributed by atoms with E-state index in [-0.39, 0.29) is 5.91 Å². The van der Waals surface area contributed by atoms with E-state index in [1.54, 1.807) is 6.26 Å². The summed E-state index contributed by atoms with van der Waals surface area (Å²) >= 11 is 0. The van der Waals surface area contributed by atoms with Gasteiger partial charge >= 0.3 is 0 Å². The van der Waals surface area contributed by atoms with Crippen molar-refractivity contribution in [3.8, 4) is 0 Å². The van der Waals surface area contributed by atoms with E-state index in [1.165, 1.54) is 19.3 Å². The Balaban J connectivity index is 1.74. The highest BCUT2D eigenvalue weighted by molar-refractivity contribution is 5.92. The minimum Gasteiger partial charge on any atom is -0.459 e. The molecule has 104 valence electrons. The van der Waals surface area contributed by atoms with Crippen molar-refractivity contribution in [2.75, 3.05) is 26.2 Å². The molecule has 2 fully saturated rings. The molecule has 1 atom stereocenters. The van der Waals surface area contributed by atoms with E-state index in [0.717, 1.165) is 38.2 Å². The lowest BCUT2D eigenvalue weighted by atomic mass is 9.74. The minimum atomic E-state index is 0.0622. The smallest absolute Gasteiger partial charge is 0.289 e. The van der Waals surface area contributed by atoms with Crippen LogP contribution in [0.1, 0.15) is 41.8 Å². The lowest BCUT2D eigenvalue weighted by Crippen LogP contribution is -2.52. The number of rotatable bonds is 1. The maximum atomic E-state index is 12.5. The number of aryl methyl sites for hydroxylation is 1. The number of hydrogen-bond donors (Lipinski definition) is 1. The van der Waals surface area contributed by atoms with Gasteiger partial charge in [0, 0.05) is 30.6 Å². The summed E-state index contributed by atoms with van der Waals surface area (Å²) in [5, 5.41) is 3.49. The first kappa shape index (κ1) is 12.7. The number of nitrogens with one attached hydrogen (secondary N) is 1. The second kappa shape index (κ2) is 5.00. The normalized spacial score (nSPS) is 27.7. The summed E-state index contributed by atoms with van der Waals surface area (Å²) in [6, 6.07) is 1.86. The zero-order valence-electron chi connectivity index (χ0n) is 11.6. The quantitative estimate of drug-likeness (QED) is 0.844. The predicted molar refractivity (Wildman–Crippen MR) is 73.1 cm³/mol. The summed E-state index contributed by atoms with van der Waals surface area (Å²) in [6.45, 7) is 5.83. The minimum absolute atomic E-state index is 0.0622. The van der Waals surface area contributed by atoms with Crippen molar-refractivity contribution in [2.24, 2.45) is 5.41 Å². The number of carbonyl (C=O) groups excluding carboxylic acids is 1. The van der Waals surface area contributed by atoms with Crippen LogP contribution in [0.15, 0.2) is 16.7 Å². The largest absolute Gasteiger partial charge is 0.459 e. The molecule has 19 heavy (non-hydrogen) atoms. The van der Waals surface area contributed by atoms with Crippen molar-refractivity contribution < 1.29 is 9.21 Å². The van der Waals surface area contributed by atoms with Crippen LogP contribution in [-0.4, -0.2) is 37.0 Å². The zero-order valence-corrected chi connectivity index (χ0v) is 11.6. The van der Waals surface area contributed by atoms with Crippen LogP contribution in [0.2, 0.25) is 0 Å². The van der Waals surface area contributed by atoms with E-state index in [4.69, 9.17) is 4.42 Å². The molecular formula is C15H22N2O2. The molecule has 0 radical (unpaired) electrons. The molecule has 0 aromatic carbocycles. The van der Waals surface area contributed by atoms with Crippen LogP contribution in [0.5, 0.6) is 0 Å². The average Bonchev–Trinajstić information content (AvgIpc) is 2.85. The molecule has 0 saturated carbocycles. The Labute approximate surface area is 114 Å². The van der Waals surface area contributed by atoms with Crippen LogP contribution in [0, 0.1) is 12.3 Å². The molecule has 2 saturated heterocycles. The lowest BCUT2D eigenvalue weighted by Gasteiger charge is -2.45. The van der Waals surface area contributed by atoms with Crippen molar-refractivity contribution >= 4 is 5.91 Å². The van der Waals surface area contributed by atoms with Crippen LogP contribution in [0.25, 0.3) is 0 Å². The van der Waals surface area contributed by atoms with Crippen molar-refractivity contribution in [2.45, 2.75) is 32.6 Å². The molecule has 1 aromatic heterocycles. The van der Waals surface area contributed by atoms with Gasteiger partial charge in [0.2, 0.25) is 0 Å². The Morgan fingerprint density at radius 1 is 1.42 bits per heavy atom. The molecule has 1 unspecified atom stereocenters. The van der Waals surface area contributed by atoms with Gasteiger partial charge in [-0.05, 0) is 45.2 Å². The summed E-state index contributed by atoms with van der Waals surface area (Å²) in [6.07, 6.45) is 6.40. The predicted octanol–water partition coefficient (Wildman–Crippen LogP) is 2.19. The summed E-state index contributed by atoms with van der Waals surface area (Å²) in [7, 11) is 0. The molecule has 3 rings (SSSR count).